The third kappa shape index (κ3) is 2.60. The van der Waals surface area contributed by atoms with Gasteiger partial charge in [-0.2, -0.15) is 5.10 Å². The van der Waals surface area contributed by atoms with Crippen LogP contribution in [0, 0.1) is 0 Å². The first-order valence-electron chi connectivity index (χ1n) is 6.87. The predicted octanol–water partition coefficient (Wildman–Crippen LogP) is 2.13. The van der Waals surface area contributed by atoms with Crippen molar-refractivity contribution in [2.75, 3.05) is 0 Å². The number of nitrogens with zero attached hydrogens (tertiary/aromatic N) is 2. The van der Waals surface area contributed by atoms with Gasteiger partial charge in [-0.25, -0.2) is 0 Å². The molecule has 3 N–H and O–H groups in total. The molecule has 0 amide bonds. The maximum Gasteiger partial charge on any atom is 0.0582 e. The van der Waals surface area contributed by atoms with Gasteiger partial charge in [0.25, 0.3) is 0 Å². The van der Waals surface area contributed by atoms with Crippen LogP contribution in [0.25, 0.3) is 5.70 Å². The zero-order chi connectivity index (χ0) is 14.2. The summed E-state index contributed by atoms with van der Waals surface area (Å²) in [5.41, 5.74) is 10.5. The zero-order valence-electron chi connectivity index (χ0n) is 11.8. The topological polar surface area (TPSA) is 55.9 Å². The van der Waals surface area contributed by atoms with Crippen molar-refractivity contribution in [3.05, 3.63) is 59.9 Å². The summed E-state index contributed by atoms with van der Waals surface area (Å²) in [6.07, 6.45) is 5.96. The highest BCUT2D eigenvalue weighted by atomic mass is 15.2. The molecule has 4 heteroatoms. The van der Waals surface area contributed by atoms with Gasteiger partial charge in [0.15, 0.2) is 0 Å². The molecule has 0 unspecified atom stereocenters. The van der Waals surface area contributed by atoms with Crippen molar-refractivity contribution >= 4 is 5.70 Å². The van der Waals surface area contributed by atoms with E-state index in [0.29, 0.717) is 0 Å². The first-order valence-corrected chi connectivity index (χ1v) is 6.87. The highest BCUT2D eigenvalue weighted by molar-refractivity contribution is 5.60. The maximum absolute atomic E-state index is 6.18. The van der Waals surface area contributed by atoms with Crippen LogP contribution < -0.4 is 11.1 Å². The van der Waals surface area contributed by atoms with Crippen LogP contribution >= 0.6 is 0 Å². The van der Waals surface area contributed by atoms with E-state index < -0.39 is 0 Å². The Labute approximate surface area is 119 Å². The Hall–Kier alpha value is -2.07. The fraction of sp³-hybridized carbons (Fsp3) is 0.312. The molecule has 0 bridgehead atoms. The maximum atomic E-state index is 6.18. The van der Waals surface area contributed by atoms with E-state index in [2.05, 4.69) is 41.3 Å². The lowest BCUT2D eigenvalue weighted by atomic mass is 10.0. The molecule has 1 heterocycles. The Kier molecular flexibility index (Phi) is 3.10. The summed E-state index contributed by atoms with van der Waals surface area (Å²) in [5, 5.41) is 7.46. The summed E-state index contributed by atoms with van der Waals surface area (Å²) in [6, 6.07) is 8.53. The van der Waals surface area contributed by atoms with Gasteiger partial charge in [-0.15, -0.1) is 0 Å². The van der Waals surface area contributed by atoms with Crippen LogP contribution in [-0.4, -0.2) is 9.78 Å². The third-order valence-electron chi connectivity index (χ3n) is 3.88. The largest absolute Gasteiger partial charge is 0.381 e. The smallest absolute Gasteiger partial charge is 0.0582 e. The molecule has 1 aromatic heterocycles. The molecule has 1 aromatic carbocycles. The number of benzene rings is 1. The summed E-state index contributed by atoms with van der Waals surface area (Å²) in [6.45, 7) is 4.79. The number of rotatable bonds is 5. The Morgan fingerprint density at radius 3 is 2.65 bits per heavy atom. The van der Waals surface area contributed by atoms with E-state index >= 15 is 0 Å². The molecule has 4 nitrogen and oxygen atoms in total. The molecule has 1 aliphatic carbocycles. The van der Waals surface area contributed by atoms with Gasteiger partial charge in [0.1, 0.15) is 0 Å². The molecule has 0 aliphatic heterocycles. The van der Waals surface area contributed by atoms with Gasteiger partial charge >= 0.3 is 0 Å². The van der Waals surface area contributed by atoms with Crippen molar-refractivity contribution < 1.29 is 0 Å². The Morgan fingerprint density at radius 1 is 1.40 bits per heavy atom. The van der Waals surface area contributed by atoms with E-state index in [1.807, 2.05) is 19.4 Å². The summed E-state index contributed by atoms with van der Waals surface area (Å²) in [4.78, 5) is 0. The Bertz CT molecular complexity index is 620. The second-order valence-electron chi connectivity index (χ2n) is 5.59. The third-order valence-corrected chi connectivity index (χ3v) is 3.88. The van der Waals surface area contributed by atoms with Crippen molar-refractivity contribution in [3.8, 4) is 0 Å². The molecule has 104 valence electrons. The van der Waals surface area contributed by atoms with Crippen molar-refractivity contribution in [1.82, 2.24) is 15.1 Å². The van der Waals surface area contributed by atoms with Crippen LogP contribution in [0.3, 0.4) is 0 Å². The van der Waals surface area contributed by atoms with E-state index in [-0.39, 0.29) is 5.54 Å². The van der Waals surface area contributed by atoms with E-state index in [9.17, 15) is 0 Å². The van der Waals surface area contributed by atoms with Crippen molar-refractivity contribution in [2.45, 2.75) is 24.9 Å². The van der Waals surface area contributed by atoms with Crippen LogP contribution in [0.1, 0.15) is 29.5 Å². The van der Waals surface area contributed by atoms with Crippen molar-refractivity contribution in [3.63, 3.8) is 0 Å². The minimum atomic E-state index is -0.0503. The molecule has 1 saturated carbocycles. The summed E-state index contributed by atoms with van der Waals surface area (Å²) >= 11 is 0. The number of nitrogens with two attached hydrogens (primary N) is 1. The Balaban J connectivity index is 1.59. The minimum absolute atomic E-state index is 0.0503. The molecule has 0 atom stereocenters. The van der Waals surface area contributed by atoms with Gasteiger partial charge in [-0.1, -0.05) is 30.8 Å². The monoisotopic (exact) mass is 268 g/mol. The van der Waals surface area contributed by atoms with Gasteiger partial charge in [-0.3, -0.25) is 4.68 Å². The molecular formula is C16H20N4. The number of hydrogen-bond donors (Lipinski definition) is 2. The Morgan fingerprint density at radius 2 is 2.10 bits per heavy atom. The lowest BCUT2D eigenvalue weighted by molar-refractivity contribution is 0.738. The summed E-state index contributed by atoms with van der Waals surface area (Å²) < 4.78 is 1.77. The van der Waals surface area contributed by atoms with Crippen molar-refractivity contribution in [1.29, 1.82) is 0 Å². The fourth-order valence-electron chi connectivity index (χ4n) is 2.27. The van der Waals surface area contributed by atoms with Crippen LogP contribution in [0.5, 0.6) is 0 Å². The zero-order valence-corrected chi connectivity index (χ0v) is 11.8. The predicted molar refractivity (Wildman–Crippen MR) is 80.6 cm³/mol. The van der Waals surface area contributed by atoms with Gasteiger partial charge in [0.05, 0.1) is 6.20 Å². The van der Waals surface area contributed by atoms with E-state index in [4.69, 9.17) is 5.73 Å². The molecule has 3 rings (SSSR count). The highest BCUT2D eigenvalue weighted by Crippen LogP contribution is 2.42. The van der Waals surface area contributed by atoms with Crippen LogP contribution in [0.2, 0.25) is 0 Å². The van der Waals surface area contributed by atoms with Crippen LogP contribution in [-0.2, 0) is 19.1 Å². The summed E-state index contributed by atoms with van der Waals surface area (Å²) in [7, 11) is 1.90. The molecular weight excluding hydrogens is 248 g/mol. The number of aryl methyl sites for hydroxylation is 1. The molecule has 0 spiro atoms. The van der Waals surface area contributed by atoms with Gasteiger partial charge in [-0.05, 0) is 24.0 Å². The van der Waals surface area contributed by atoms with Gasteiger partial charge in [0.2, 0.25) is 0 Å². The molecule has 1 fully saturated rings. The lowest BCUT2D eigenvalue weighted by Gasteiger charge is -2.11. The molecule has 0 radical (unpaired) electrons. The number of hydrogen-bond acceptors (Lipinski definition) is 3. The average molecular weight is 268 g/mol. The highest BCUT2D eigenvalue weighted by Gasteiger charge is 2.39. The lowest BCUT2D eigenvalue weighted by Crippen LogP contribution is -2.18. The van der Waals surface area contributed by atoms with Crippen LogP contribution in [0.4, 0.5) is 0 Å². The van der Waals surface area contributed by atoms with Crippen LogP contribution in [0.15, 0.2) is 43.2 Å². The van der Waals surface area contributed by atoms with E-state index in [1.54, 1.807) is 4.68 Å². The first-order chi connectivity index (χ1) is 9.57. The second kappa shape index (κ2) is 4.80. The fourth-order valence-corrected chi connectivity index (χ4v) is 2.27. The molecule has 1 aliphatic rings. The number of aromatic nitrogens is 2. The van der Waals surface area contributed by atoms with Gasteiger partial charge in [0, 0.05) is 36.6 Å². The molecule has 2 aromatic rings. The standard InChI is InChI=1S/C16H20N4/c1-12(14-10-19-20(2)11-14)18-9-13-3-5-15(6-4-13)16(17)7-8-16/h3-6,10-11,18H,1,7-9,17H2,2H3. The van der Waals surface area contributed by atoms with Gasteiger partial charge < -0.3 is 11.1 Å². The summed E-state index contributed by atoms with van der Waals surface area (Å²) in [5.74, 6) is 0. The minimum Gasteiger partial charge on any atom is -0.381 e. The van der Waals surface area contributed by atoms with E-state index in [0.717, 1.165) is 30.6 Å². The normalized spacial score (nSPS) is 15.9. The molecule has 0 saturated heterocycles. The molecule has 20 heavy (non-hydrogen) atoms. The second-order valence-corrected chi connectivity index (χ2v) is 5.59. The van der Waals surface area contributed by atoms with Crippen molar-refractivity contribution in [2.24, 2.45) is 12.8 Å². The quantitative estimate of drug-likeness (QED) is 0.873. The van der Waals surface area contributed by atoms with E-state index in [1.165, 1.54) is 11.1 Å². The first kappa shape index (κ1) is 12.9. The average Bonchev–Trinajstić information content (AvgIpc) is 3.05. The number of nitrogens with one attached hydrogen (secondary N) is 1. The SMILES string of the molecule is C=C(NCc1ccc(C2(N)CC2)cc1)c1cnn(C)c1.